The van der Waals surface area contributed by atoms with Crippen LogP contribution in [0.15, 0.2) is 21.3 Å². The third-order valence-electron chi connectivity index (χ3n) is 0.939. The van der Waals surface area contributed by atoms with Gasteiger partial charge in [-0.15, -0.1) is 10.2 Å². The maximum absolute atomic E-state index is 4.85. The molecule has 0 atom stereocenters. The maximum Gasteiger partial charge on any atom is 0.306 e. The van der Waals surface area contributed by atoms with Crippen molar-refractivity contribution < 1.29 is 8.83 Å². The molecule has 0 bridgehead atoms. The van der Waals surface area contributed by atoms with Crippen LogP contribution in [-0.2, 0) is 0 Å². The van der Waals surface area contributed by atoms with Crippen LogP contribution in [0.3, 0.4) is 0 Å². The van der Waals surface area contributed by atoms with E-state index in [1.54, 1.807) is 0 Å². The Bertz CT molecular complexity index is 254. The van der Waals surface area contributed by atoms with E-state index in [-0.39, 0.29) is 5.89 Å². The first-order valence-electron chi connectivity index (χ1n) is 2.56. The van der Waals surface area contributed by atoms with E-state index in [2.05, 4.69) is 26.0 Å². The van der Waals surface area contributed by atoms with Crippen molar-refractivity contribution in [2.75, 3.05) is 0 Å². The average Bonchev–Trinajstić information content (AvgIpc) is 2.59. The molecule has 1 radical (unpaired) electrons. The molecule has 2 rings (SSSR count). The van der Waals surface area contributed by atoms with Gasteiger partial charge in [-0.3, -0.25) is 0 Å². The van der Waals surface area contributed by atoms with Crippen molar-refractivity contribution in [2.45, 2.75) is 0 Å². The lowest BCUT2D eigenvalue weighted by molar-refractivity contribution is 0.504. The molecule has 10 heavy (non-hydrogen) atoms. The van der Waals surface area contributed by atoms with Crippen LogP contribution in [0.4, 0.5) is 0 Å². The Morgan fingerprint density at radius 2 is 2.40 bits per heavy atom. The fourth-order valence-electron chi connectivity index (χ4n) is 0.565. The number of rotatable bonds is 1. The second-order valence-corrected chi connectivity index (χ2v) is 1.54. The van der Waals surface area contributed by atoms with E-state index in [1.807, 2.05) is 0 Å². The van der Waals surface area contributed by atoms with Crippen molar-refractivity contribution in [3.8, 4) is 11.8 Å². The summed E-state index contributed by atoms with van der Waals surface area (Å²) in [7, 11) is 0. The van der Waals surface area contributed by atoms with Gasteiger partial charge in [0.1, 0.15) is 6.26 Å². The van der Waals surface area contributed by atoms with Gasteiger partial charge in [0, 0.05) is 0 Å². The highest BCUT2D eigenvalue weighted by atomic mass is 16.4. The maximum atomic E-state index is 4.85. The molecule has 0 saturated carbocycles. The molecule has 0 amide bonds. The zero-order valence-corrected chi connectivity index (χ0v) is 4.81. The van der Waals surface area contributed by atoms with Crippen molar-refractivity contribution in [1.82, 2.24) is 15.2 Å². The molecule has 5 heteroatoms. The van der Waals surface area contributed by atoms with Gasteiger partial charge in [0.15, 0.2) is 0 Å². The van der Waals surface area contributed by atoms with E-state index >= 15 is 0 Å². The first kappa shape index (κ1) is 5.16. The highest BCUT2D eigenvalue weighted by Crippen LogP contribution is 2.10. The summed E-state index contributed by atoms with van der Waals surface area (Å²) in [4.78, 5) is 3.78. The van der Waals surface area contributed by atoms with Gasteiger partial charge in [-0.05, 0) is 0 Å². The topological polar surface area (TPSA) is 65.0 Å². The number of nitrogens with zero attached hydrogens (tertiary/aromatic N) is 3. The van der Waals surface area contributed by atoms with E-state index in [0.29, 0.717) is 5.89 Å². The standard InChI is InChI=1S/C5H2N3O2/c1-2-9-4(6-1)5-8-7-3-10-5/h1-2H. The molecule has 0 aliphatic rings. The monoisotopic (exact) mass is 136 g/mol. The van der Waals surface area contributed by atoms with Gasteiger partial charge in [-0.1, -0.05) is 0 Å². The number of oxazole rings is 1. The third-order valence-corrected chi connectivity index (χ3v) is 0.939. The Balaban J connectivity index is 2.48. The Labute approximate surface area is 55.7 Å². The van der Waals surface area contributed by atoms with Crippen LogP contribution in [0.5, 0.6) is 0 Å². The van der Waals surface area contributed by atoms with Crippen LogP contribution < -0.4 is 0 Å². The van der Waals surface area contributed by atoms with Gasteiger partial charge in [0.25, 0.3) is 5.89 Å². The van der Waals surface area contributed by atoms with Gasteiger partial charge >= 0.3 is 12.3 Å². The molecule has 0 aliphatic heterocycles. The molecule has 5 nitrogen and oxygen atoms in total. The molecule has 2 aromatic rings. The summed E-state index contributed by atoms with van der Waals surface area (Å²) in [5.41, 5.74) is 0. The van der Waals surface area contributed by atoms with E-state index in [0.717, 1.165) is 0 Å². The van der Waals surface area contributed by atoms with E-state index in [1.165, 1.54) is 12.5 Å². The second-order valence-electron chi connectivity index (χ2n) is 1.54. The molecule has 2 aromatic heterocycles. The van der Waals surface area contributed by atoms with Gasteiger partial charge in [0.2, 0.25) is 0 Å². The lowest BCUT2D eigenvalue weighted by Gasteiger charge is -1.79. The van der Waals surface area contributed by atoms with E-state index in [4.69, 9.17) is 4.42 Å². The summed E-state index contributed by atoms with van der Waals surface area (Å²) in [6.45, 7) is 0. The lowest BCUT2D eigenvalue weighted by atomic mass is 10.7. The molecular formula is C5H2N3O2. The normalized spacial score (nSPS) is 10.0. The van der Waals surface area contributed by atoms with E-state index < -0.39 is 0 Å². The van der Waals surface area contributed by atoms with Crippen molar-refractivity contribution in [2.24, 2.45) is 0 Å². The molecule has 0 spiro atoms. The van der Waals surface area contributed by atoms with Gasteiger partial charge in [-0.25, -0.2) is 4.98 Å². The second kappa shape index (κ2) is 1.94. The van der Waals surface area contributed by atoms with Crippen LogP contribution in [0.1, 0.15) is 0 Å². The minimum Gasteiger partial charge on any atom is -0.441 e. The minimum absolute atomic E-state index is 0.241. The number of hydrogen-bond acceptors (Lipinski definition) is 5. The smallest absolute Gasteiger partial charge is 0.306 e. The van der Waals surface area contributed by atoms with Crippen LogP contribution in [0.25, 0.3) is 11.8 Å². The van der Waals surface area contributed by atoms with Crippen molar-refractivity contribution in [1.29, 1.82) is 0 Å². The summed E-state index contributed by atoms with van der Waals surface area (Å²) in [6.07, 6.45) is 5.11. The number of aromatic nitrogens is 3. The molecule has 49 valence electrons. The lowest BCUT2D eigenvalue weighted by Crippen LogP contribution is -1.74. The largest absolute Gasteiger partial charge is 0.441 e. The summed E-state index contributed by atoms with van der Waals surface area (Å²) in [5.74, 6) is 0.554. The zero-order chi connectivity index (χ0) is 6.81. The number of hydrogen-bond donors (Lipinski definition) is 0. The van der Waals surface area contributed by atoms with Crippen molar-refractivity contribution in [3.05, 3.63) is 18.9 Å². The van der Waals surface area contributed by atoms with Crippen LogP contribution in [0.2, 0.25) is 0 Å². The first-order valence-corrected chi connectivity index (χ1v) is 2.56. The highest BCUT2D eigenvalue weighted by molar-refractivity contribution is 5.33. The summed E-state index contributed by atoms with van der Waals surface area (Å²) in [6, 6.07) is 0. The van der Waals surface area contributed by atoms with Crippen LogP contribution >= 0.6 is 0 Å². The highest BCUT2D eigenvalue weighted by Gasteiger charge is 2.06. The van der Waals surface area contributed by atoms with E-state index in [9.17, 15) is 0 Å². The Morgan fingerprint density at radius 3 is 3.00 bits per heavy atom. The van der Waals surface area contributed by atoms with Crippen molar-refractivity contribution in [3.63, 3.8) is 0 Å². The molecule has 0 N–H and O–H groups in total. The Hall–Kier alpha value is -1.65. The molecule has 2 heterocycles. The molecule has 0 aliphatic carbocycles. The molecule has 0 fully saturated rings. The fourth-order valence-corrected chi connectivity index (χ4v) is 0.565. The molecule has 0 saturated heterocycles. The van der Waals surface area contributed by atoms with Gasteiger partial charge < -0.3 is 8.83 Å². The Morgan fingerprint density at radius 1 is 1.40 bits per heavy atom. The summed E-state index contributed by atoms with van der Waals surface area (Å²) < 4.78 is 9.52. The Kier molecular flexibility index (Phi) is 1.00. The average molecular weight is 136 g/mol. The summed E-state index contributed by atoms with van der Waals surface area (Å²) in [5, 5.41) is 6.87. The predicted molar refractivity (Wildman–Crippen MR) is 28.6 cm³/mol. The van der Waals surface area contributed by atoms with Crippen molar-refractivity contribution >= 4 is 0 Å². The third kappa shape index (κ3) is 0.680. The van der Waals surface area contributed by atoms with Gasteiger partial charge in [0.05, 0.1) is 6.20 Å². The molecular weight excluding hydrogens is 134 g/mol. The molecule has 0 unspecified atom stereocenters. The SMILES string of the molecule is [c]1nnc(-c2ncco2)o1. The summed E-state index contributed by atoms with van der Waals surface area (Å²) >= 11 is 0. The fraction of sp³-hybridized carbons (Fsp3) is 0. The van der Waals surface area contributed by atoms with Crippen LogP contribution in [0, 0.1) is 6.39 Å². The first-order chi connectivity index (χ1) is 4.97. The molecule has 0 aromatic carbocycles. The van der Waals surface area contributed by atoms with Gasteiger partial charge in [-0.2, -0.15) is 0 Å². The zero-order valence-electron chi connectivity index (χ0n) is 4.81. The quantitative estimate of drug-likeness (QED) is 0.571. The predicted octanol–water partition coefficient (Wildman–Crippen LogP) is 0.525. The van der Waals surface area contributed by atoms with Crippen LogP contribution in [-0.4, -0.2) is 15.2 Å². The minimum atomic E-state index is 0.241.